The quantitative estimate of drug-likeness (QED) is 0.785. The van der Waals surface area contributed by atoms with Gasteiger partial charge in [-0.15, -0.1) is 3.89 Å². The summed E-state index contributed by atoms with van der Waals surface area (Å²) in [5.41, 5.74) is 0. The average molecular weight is 287 g/mol. The summed E-state index contributed by atoms with van der Waals surface area (Å²) in [6.45, 7) is 0. The molecule has 4 nitrogen and oxygen atoms in total. The largest absolute Gasteiger partial charge is 0.303 e. The Morgan fingerprint density at radius 3 is 1.94 bits per heavy atom. The highest BCUT2D eigenvalue weighted by Gasteiger charge is 2.18. The molecular weight excluding hydrogens is 279 g/mol. The molecule has 0 bridgehead atoms. The Labute approximate surface area is 98.2 Å². The van der Waals surface area contributed by atoms with Gasteiger partial charge in [0.1, 0.15) is 0 Å². The Bertz CT molecular complexity index is 563. The lowest BCUT2D eigenvalue weighted by Crippen LogP contribution is -2.14. The van der Waals surface area contributed by atoms with Gasteiger partial charge in [0, 0.05) is 5.02 Å². The monoisotopic (exact) mass is 286 g/mol. The van der Waals surface area contributed by atoms with Crippen LogP contribution in [-0.4, -0.2) is 28.3 Å². The summed E-state index contributed by atoms with van der Waals surface area (Å²) in [5.74, 6) is -1.83. The van der Waals surface area contributed by atoms with Gasteiger partial charge in [0.25, 0.3) is 0 Å². The normalized spacial score (nSPS) is 12.6. The van der Waals surface area contributed by atoms with Crippen LogP contribution in [0.15, 0.2) is 29.2 Å². The van der Waals surface area contributed by atoms with Gasteiger partial charge in [-0.3, -0.25) is 0 Å². The Hall–Kier alpha value is -0.660. The van der Waals surface area contributed by atoms with Gasteiger partial charge >= 0.3 is 10.2 Å². The third-order valence-corrected chi connectivity index (χ3v) is 4.70. The first-order valence-electron chi connectivity index (χ1n) is 4.11. The van der Waals surface area contributed by atoms with Crippen LogP contribution in [0.2, 0.25) is 5.02 Å². The molecular formula is C8H8ClFO4S2. The van der Waals surface area contributed by atoms with E-state index in [4.69, 9.17) is 11.6 Å². The Kier molecular flexibility index (Phi) is 3.92. The molecule has 0 saturated carbocycles. The molecule has 1 aromatic rings. The van der Waals surface area contributed by atoms with Crippen molar-refractivity contribution in [3.63, 3.8) is 0 Å². The van der Waals surface area contributed by atoms with E-state index in [9.17, 15) is 20.7 Å². The second-order valence-electron chi connectivity index (χ2n) is 3.02. The van der Waals surface area contributed by atoms with E-state index in [2.05, 4.69) is 0 Å². The van der Waals surface area contributed by atoms with Crippen LogP contribution >= 0.6 is 11.6 Å². The second-order valence-corrected chi connectivity index (χ2v) is 7.05. The molecule has 0 heterocycles. The van der Waals surface area contributed by atoms with Crippen molar-refractivity contribution < 1.29 is 20.7 Å². The summed E-state index contributed by atoms with van der Waals surface area (Å²) < 4.78 is 55.6. The van der Waals surface area contributed by atoms with Gasteiger partial charge in [-0.25, -0.2) is 8.42 Å². The van der Waals surface area contributed by atoms with E-state index in [0.717, 1.165) is 0 Å². The number of rotatable bonds is 4. The van der Waals surface area contributed by atoms with Crippen LogP contribution in [-0.2, 0) is 20.1 Å². The molecule has 0 aliphatic carbocycles. The fourth-order valence-corrected chi connectivity index (χ4v) is 3.56. The maximum atomic E-state index is 12.2. The average Bonchev–Trinajstić information content (AvgIpc) is 2.15. The first-order valence-corrected chi connectivity index (χ1v) is 7.70. The zero-order chi connectivity index (χ0) is 12.4. The molecule has 0 spiro atoms. The first-order chi connectivity index (χ1) is 7.21. The van der Waals surface area contributed by atoms with Crippen molar-refractivity contribution in [2.75, 3.05) is 11.5 Å². The molecule has 0 saturated heterocycles. The number of halogens is 2. The summed E-state index contributed by atoms with van der Waals surface area (Å²) in [4.78, 5) is -0.0828. The number of benzene rings is 1. The summed E-state index contributed by atoms with van der Waals surface area (Å²) in [5, 5.41) is 0.358. The fourth-order valence-electron chi connectivity index (χ4n) is 0.969. The minimum absolute atomic E-state index is 0.0828. The lowest BCUT2D eigenvalue weighted by molar-refractivity contribution is 0.551. The Morgan fingerprint density at radius 1 is 1.00 bits per heavy atom. The molecule has 8 heteroatoms. The highest BCUT2D eigenvalue weighted by Crippen LogP contribution is 2.15. The van der Waals surface area contributed by atoms with E-state index < -0.39 is 31.6 Å². The van der Waals surface area contributed by atoms with Crippen LogP contribution in [0.5, 0.6) is 0 Å². The van der Waals surface area contributed by atoms with Crippen LogP contribution < -0.4 is 0 Å². The van der Waals surface area contributed by atoms with Crippen LogP contribution in [0, 0.1) is 0 Å². The van der Waals surface area contributed by atoms with Crippen molar-refractivity contribution in [1.82, 2.24) is 0 Å². The van der Waals surface area contributed by atoms with Crippen molar-refractivity contribution in [2.24, 2.45) is 0 Å². The topological polar surface area (TPSA) is 68.3 Å². The molecule has 0 aliphatic rings. The minimum Gasteiger partial charge on any atom is -0.224 e. The molecule has 16 heavy (non-hydrogen) atoms. The van der Waals surface area contributed by atoms with Gasteiger partial charge in [0.15, 0.2) is 9.84 Å². The smallest absolute Gasteiger partial charge is 0.224 e. The minimum atomic E-state index is -4.78. The number of sulfone groups is 1. The first kappa shape index (κ1) is 13.4. The van der Waals surface area contributed by atoms with Crippen LogP contribution in [0.4, 0.5) is 3.89 Å². The van der Waals surface area contributed by atoms with Crippen LogP contribution in [0.25, 0.3) is 0 Å². The lowest BCUT2D eigenvalue weighted by Gasteiger charge is -2.02. The summed E-state index contributed by atoms with van der Waals surface area (Å²) >= 11 is 5.56. The van der Waals surface area contributed by atoms with E-state index in [1.165, 1.54) is 24.3 Å². The molecule has 1 aromatic carbocycles. The SMILES string of the molecule is O=S(=O)(F)CCS(=O)(=O)c1ccc(Cl)cc1. The van der Waals surface area contributed by atoms with Crippen molar-refractivity contribution in [3.8, 4) is 0 Å². The van der Waals surface area contributed by atoms with E-state index in [-0.39, 0.29) is 4.90 Å². The number of hydrogen-bond acceptors (Lipinski definition) is 4. The van der Waals surface area contributed by atoms with Gasteiger partial charge in [-0.1, -0.05) is 11.6 Å². The highest BCUT2D eigenvalue weighted by atomic mass is 35.5. The van der Waals surface area contributed by atoms with Gasteiger partial charge < -0.3 is 0 Å². The molecule has 0 unspecified atom stereocenters. The zero-order valence-electron chi connectivity index (χ0n) is 7.93. The third-order valence-electron chi connectivity index (χ3n) is 1.77. The van der Waals surface area contributed by atoms with Gasteiger partial charge in [0.05, 0.1) is 16.4 Å². The molecule has 0 N–H and O–H groups in total. The van der Waals surface area contributed by atoms with E-state index in [0.29, 0.717) is 5.02 Å². The summed E-state index contributed by atoms with van der Waals surface area (Å²) in [6.07, 6.45) is 0. The Balaban J connectivity index is 2.91. The van der Waals surface area contributed by atoms with Crippen molar-refractivity contribution in [2.45, 2.75) is 4.90 Å². The summed E-state index contributed by atoms with van der Waals surface area (Å²) in [6, 6.07) is 5.20. The van der Waals surface area contributed by atoms with Gasteiger partial charge in [0.2, 0.25) is 0 Å². The van der Waals surface area contributed by atoms with E-state index >= 15 is 0 Å². The zero-order valence-corrected chi connectivity index (χ0v) is 10.3. The van der Waals surface area contributed by atoms with Crippen molar-refractivity contribution in [3.05, 3.63) is 29.3 Å². The molecule has 0 aliphatic heterocycles. The second kappa shape index (κ2) is 4.68. The van der Waals surface area contributed by atoms with E-state index in [1.54, 1.807) is 0 Å². The maximum Gasteiger partial charge on any atom is 0.303 e. The third kappa shape index (κ3) is 4.07. The molecule has 0 amide bonds. The molecule has 90 valence electrons. The molecule has 0 atom stereocenters. The predicted molar refractivity (Wildman–Crippen MR) is 58.4 cm³/mol. The van der Waals surface area contributed by atoms with Crippen LogP contribution in [0.1, 0.15) is 0 Å². The van der Waals surface area contributed by atoms with Crippen molar-refractivity contribution in [1.29, 1.82) is 0 Å². The molecule has 1 rings (SSSR count). The number of hydrogen-bond donors (Lipinski definition) is 0. The highest BCUT2D eigenvalue weighted by molar-refractivity contribution is 7.93. The van der Waals surface area contributed by atoms with Gasteiger partial charge in [-0.2, -0.15) is 8.42 Å². The summed E-state index contributed by atoms with van der Waals surface area (Å²) in [7, 11) is -8.57. The van der Waals surface area contributed by atoms with E-state index in [1.807, 2.05) is 0 Å². The standard InChI is InChI=1S/C8H8ClFO4S2/c9-7-1-3-8(4-2-7)15(11,12)5-6-16(10,13)14/h1-4H,5-6H2. The molecule has 0 fully saturated rings. The van der Waals surface area contributed by atoms with Gasteiger partial charge in [-0.05, 0) is 24.3 Å². The molecule has 0 radical (unpaired) electrons. The Morgan fingerprint density at radius 2 is 1.50 bits per heavy atom. The predicted octanol–water partition coefficient (Wildman–Crippen LogP) is 1.41. The van der Waals surface area contributed by atoms with Crippen LogP contribution in [0.3, 0.4) is 0 Å². The molecule has 0 aromatic heterocycles. The lowest BCUT2D eigenvalue weighted by atomic mass is 10.4. The fraction of sp³-hybridized carbons (Fsp3) is 0.250. The van der Waals surface area contributed by atoms with Crippen molar-refractivity contribution >= 4 is 31.7 Å². The maximum absolute atomic E-state index is 12.2.